The number of benzene rings is 1. The highest BCUT2D eigenvalue weighted by Crippen LogP contribution is 2.30. The molecule has 1 atom stereocenters. The summed E-state index contributed by atoms with van der Waals surface area (Å²) in [6, 6.07) is 7.33. The molecule has 0 spiro atoms. The minimum absolute atomic E-state index is 0.198. The zero-order valence-electron chi connectivity index (χ0n) is 17.0. The third kappa shape index (κ3) is 4.24. The molecule has 1 aliphatic rings. The summed E-state index contributed by atoms with van der Waals surface area (Å²) in [5.74, 6) is 0.459. The van der Waals surface area contributed by atoms with Gasteiger partial charge >= 0.3 is 5.97 Å². The number of rotatable bonds is 6. The lowest BCUT2D eigenvalue weighted by Gasteiger charge is -2.26. The van der Waals surface area contributed by atoms with Gasteiger partial charge in [0.25, 0.3) is 5.56 Å². The van der Waals surface area contributed by atoms with Crippen molar-refractivity contribution in [2.24, 2.45) is 0 Å². The molecule has 4 rings (SSSR count). The maximum Gasteiger partial charge on any atom is 0.348 e. The van der Waals surface area contributed by atoms with Crippen molar-refractivity contribution in [2.75, 3.05) is 19.8 Å². The van der Waals surface area contributed by atoms with Crippen LogP contribution in [0.3, 0.4) is 0 Å². The Morgan fingerprint density at radius 1 is 1.32 bits per heavy atom. The van der Waals surface area contributed by atoms with E-state index in [0.717, 1.165) is 11.3 Å². The molecule has 0 bridgehead atoms. The number of carbonyl (C=O) groups is 2. The average Bonchev–Trinajstić information content (AvgIpc) is 3.11. The van der Waals surface area contributed by atoms with Gasteiger partial charge in [-0.05, 0) is 31.5 Å². The summed E-state index contributed by atoms with van der Waals surface area (Å²) in [4.78, 5) is 42.4. The minimum Gasteiger partial charge on any atom is -0.486 e. The van der Waals surface area contributed by atoms with Crippen LogP contribution in [0.4, 0.5) is 0 Å². The number of aryl methyl sites for hydroxylation is 1. The van der Waals surface area contributed by atoms with Crippen LogP contribution in [0, 0.1) is 6.92 Å². The number of hydrogen-bond donors (Lipinski definition) is 1. The van der Waals surface area contributed by atoms with Crippen LogP contribution in [0.5, 0.6) is 11.5 Å². The number of thiophene rings is 1. The molecule has 0 saturated carbocycles. The van der Waals surface area contributed by atoms with Crippen LogP contribution in [-0.4, -0.2) is 47.3 Å². The van der Waals surface area contributed by atoms with Crippen LogP contribution < -0.4 is 20.3 Å². The first-order chi connectivity index (χ1) is 15.0. The highest BCUT2D eigenvalue weighted by Gasteiger charge is 2.23. The maximum atomic E-state index is 12.9. The number of amides is 1. The second kappa shape index (κ2) is 8.76. The number of nitrogens with zero attached hydrogens (tertiary/aromatic N) is 2. The molecule has 0 unspecified atom stereocenters. The second-order valence-corrected chi connectivity index (χ2v) is 7.94. The smallest absolute Gasteiger partial charge is 0.348 e. The largest absolute Gasteiger partial charge is 0.486 e. The SMILES string of the molecule is CCOC(=O)c1sc2ncn(CC(=O)NC[C@@H]3COc4ccccc4O3)c(=O)c2c1C. The Morgan fingerprint density at radius 2 is 2.10 bits per heavy atom. The summed E-state index contributed by atoms with van der Waals surface area (Å²) >= 11 is 1.11. The Bertz CT molecular complexity index is 1200. The van der Waals surface area contributed by atoms with E-state index in [0.29, 0.717) is 38.8 Å². The van der Waals surface area contributed by atoms with Gasteiger partial charge in [-0.1, -0.05) is 12.1 Å². The molecular weight excluding hydrogens is 422 g/mol. The Labute approximate surface area is 181 Å². The van der Waals surface area contributed by atoms with Gasteiger partial charge in [-0.15, -0.1) is 11.3 Å². The first-order valence-electron chi connectivity index (χ1n) is 9.78. The molecule has 3 heterocycles. The molecule has 2 aromatic heterocycles. The molecule has 0 radical (unpaired) electrons. The zero-order valence-corrected chi connectivity index (χ0v) is 17.9. The van der Waals surface area contributed by atoms with E-state index in [1.807, 2.05) is 18.2 Å². The molecule has 0 fully saturated rings. The summed E-state index contributed by atoms with van der Waals surface area (Å²) in [6.07, 6.45) is 0.980. The summed E-state index contributed by atoms with van der Waals surface area (Å²) in [6.45, 7) is 3.99. The zero-order chi connectivity index (χ0) is 22.0. The molecule has 162 valence electrons. The van der Waals surface area contributed by atoms with Crippen LogP contribution in [0.2, 0.25) is 0 Å². The number of ether oxygens (including phenoxy) is 3. The number of nitrogens with one attached hydrogen (secondary N) is 1. The Kier molecular flexibility index (Phi) is 5.90. The van der Waals surface area contributed by atoms with E-state index in [4.69, 9.17) is 14.2 Å². The molecule has 3 aromatic rings. The number of carbonyl (C=O) groups excluding carboxylic acids is 2. The van der Waals surface area contributed by atoms with Crippen molar-refractivity contribution in [1.29, 1.82) is 0 Å². The van der Waals surface area contributed by atoms with Gasteiger partial charge in [-0.25, -0.2) is 9.78 Å². The van der Waals surface area contributed by atoms with E-state index < -0.39 is 5.97 Å². The van der Waals surface area contributed by atoms with E-state index >= 15 is 0 Å². The van der Waals surface area contributed by atoms with E-state index in [2.05, 4.69) is 10.3 Å². The van der Waals surface area contributed by atoms with Crippen molar-refractivity contribution in [3.63, 3.8) is 0 Å². The molecule has 9 nitrogen and oxygen atoms in total. The predicted octanol–water partition coefficient (Wildman–Crippen LogP) is 1.90. The van der Waals surface area contributed by atoms with Gasteiger partial charge in [0.2, 0.25) is 5.91 Å². The van der Waals surface area contributed by atoms with Crippen LogP contribution >= 0.6 is 11.3 Å². The fraction of sp³-hybridized carbons (Fsp3) is 0.333. The molecule has 0 aliphatic carbocycles. The minimum atomic E-state index is -0.483. The fourth-order valence-electron chi connectivity index (χ4n) is 3.27. The Hall–Kier alpha value is -3.40. The van der Waals surface area contributed by atoms with Gasteiger partial charge in [0.05, 0.1) is 24.9 Å². The van der Waals surface area contributed by atoms with Gasteiger partial charge < -0.3 is 19.5 Å². The van der Waals surface area contributed by atoms with Gasteiger partial charge in [0, 0.05) is 0 Å². The molecule has 10 heteroatoms. The van der Waals surface area contributed by atoms with Gasteiger partial charge in [-0.3, -0.25) is 14.2 Å². The standard InChI is InChI=1S/C21H21N3O6S/c1-3-28-21(27)18-12(2)17-19(31-18)23-11-24(20(17)26)9-16(25)22-8-13-10-29-14-6-4-5-7-15(14)30-13/h4-7,11,13H,3,8-10H2,1-2H3,(H,22,25)/t13-/m1/s1. The molecule has 1 N–H and O–H groups in total. The summed E-state index contributed by atoms with van der Waals surface area (Å²) in [5.41, 5.74) is 0.132. The van der Waals surface area contributed by atoms with Crippen molar-refractivity contribution in [2.45, 2.75) is 26.5 Å². The monoisotopic (exact) mass is 443 g/mol. The van der Waals surface area contributed by atoms with Gasteiger partial charge in [0.1, 0.15) is 29.0 Å². The quantitative estimate of drug-likeness (QED) is 0.580. The highest BCUT2D eigenvalue weighted by molar-refractivity contribution is 7.20. The predicted molar refractivity (Wildman–Crippen MR) is 114 cm³/mol. The van der Waals surface area contributed by atoms with Crippen molar-refractivity contribution < 1.29 is 23.8 Å². The van der Waals surface area contributed by atoms with Crippen LogP contribution in [0.15, 0.2) is 35.4 Å². The van der Waals surface area contributed by atoms with Crippen LogP contribution in [-0.2, 0) is 16.1 Å². The first-order valence-corrected chi connectivity index (χ1v) is 10.6. The van der Waals surface area contributed by atoms with Crippen molar-refractivity contribution in [3.8, 4) is 11.5 Å². The topological polar surface area (TPSA) is 109 Å². The molecule has 0 saturated heterocycles. The lowest BCUT2D eigenvalue weighted by Crippen LogP contribution is -2.42. The maximum absolute atomic E-state index is 12.9. The van der Waals surface area contributed by atoms with Crippen molar-refractivity contribution in [3.05, 3.63) is 51.4 Å². The summed E-state index contributed by atoms with van der Waals surface area (Å²) in [5, 5.41) is 3.08. The Balaban J connectivity index is 1.43. The lowest BCUT2D eigenvalue weighted by atomic mass is 10.2. The van der Waals surface area contributed by atoms with E-state index in [-0.39, 0.29) is 37.3 Å². The first kappa shape index (κ1) is 20.9. The van der Waals surface area contributed by atoms with E-state index in [1.165, 1.54) is 10.9 Å². The number of esters is 1. The van der Waals surface area contributed by atoms with Gasteiger partial charge in [0.15, 0.2) is 11.5 Å². The fourth-order valence-corrected chi connectivity index (χ4v) is 4.30. The normalized spacial score (nSPS) is 15.0. The molecule has 31 heavy (non-hydrogen) atoms. The summed E-state index contributed by atoms with van der Waals surface area (Å²) in [7, 11) is 0. The van der Waals surface area contributed by atoms with Crippen molar-refractivity contribution in [1.82, 2.24) is 14.9 Å². The number of para-hydroxylation sites is 2. The van der Waals surface area contributed by atoms with Crippen LogP contribution in [0.1, 0.15) is 22.2 Å². The second-order valence-electron chi connectivity index (χ2n) is 6.94. The third-order valence-corrected chi connectivity index (χ3v) is 5.97. The summed E-state index contributed by atoms with van der Waals surface area (Å²) < 4.78 is 17.7. The van der Waals surface area contributed by atoms with Crippen molar-refractivity contribution >= 4 is 33.4 Å². The number of aromatic nitrogens is 2. The van der Waals surface area contributed by atoms with Gasteiger partial charge in [-0.2, -0.15) is 0 Å². The third-order valence-electron chi connectivity index (χ3n) is 4.79. The molecular formula is C21H21N3O6S. The molecule has 1 amide bonds. The van der Waals surface area contributed by atoms with E-state index in [9.17, 15) is 14.4 Å². The van der Waals surface area contributed by atoms with Crippen LogP contribution in [0.25, 0.3) is 10.2 Å². The number of fused-ring (bicyclic) bond motifs is 2. The molecule has 1 aliphatic heterocycles. The lowest BCUT2D eigenvalue weighted by molar-refractivity contribution is -0.122. The molecule has 1 aromatic carbocycles. The Morgan fingerprint density at radius 3 is 2.87 bits per heavy atom. The van der Waals surface area contributed by atoms with E-state index in [1.54, 1.807) is 19.9 Å². The number of hydrogen-bond acceptors (Lipinski definition) is 8. The highest BCUT2D eigenvalue weighted by atomic mass is 32.1. The average molecular weight is 443 g/mol.